The monoisotopic (exact) mass is 310 g/mol. The van der Waals surface area contributed by atoms with Gasteiger partial charge >= 0.3 is 0 Å². The third-order valence-corrected chi connectivity index (χ3v) is 6.06. The Morgan fingerprint density at radius 2 is 1.87 bits per heavy atom. The van der Waals surface area contributed by atoms with Crippen molar-refractivity contribution in [1.82, 2.24) is 5.32 Å². The fraction of sp³-hybridized carbons (Fsp3) is 0.632. The van der Waals surface area contributed by atoms with Crippen LogP contribution in [0.15, 0.2) is 24.3 Å². The minimum atomic E-state index is 0.325. The maximum absolute atomic E-state index is 8.96. The Balaban J connectivity index is 1.46. The highest BCUT2D eigenvalue weighted by Gasteiger charge is 2.45. The van der Waals surface area contributed by atoms with Crippen LogP contribution in [-0.4, -0.2) is 30.7 Å². The molecule has 3 N–H and O–H groups in total. The van der Waals surface area contributed by atoms with E-state index in [0.29, 0.717) is 24.2 Å². The highest BCUT2D eigenvalue weighted by atomic mass is 15.2. The lowest BCUT2D eigenvalue weighted by Gasteiger charge is -2.39. The topological polar surface area (TPSA) is 65.1 Å². The average molecular weight is 310 g/mol. The predicted octanol–water partition coefficient (Wildman–Crippen LogP) is 2.38. The van der Waals surface area contributed by atoms with Crippen molar-refractivity contribution in [2.24, 2.45) is 11.7 Å². The van der Waals surface area contributed by atoms with Crippen LogP contribution in [0, 0.1) is 17.2 Å². The number of benzene rings is 1. The lowest BCUT2D eigenvalue weighted by atomic mass is 9.89. The Morgan fingerprint density at radius 1 is 1.09 bits per heavy atom. The lowest BCUT2D eigenvalue weighted by Crippen LogP contribution is -2.56. The summed E-state index contributed by atoms with van der Waals surface area (Å²) in [6.07, 6.45) is 7.57. The van der Waals surface area contributed by atoms with Gasteiger partial charge in [-0.1, -0.05) is 12.8 Å². The quantitative estimate of drug-likeness (QED) is 0.899. The molecule has 3 fully saturated rings. The molecule has 2 saturated carbocycles. The van der Waals surface area contributed by atoms with E-state index >= 15 is 0 Å². The van der Waals surface area contributed by atoms with E-state index in [1.807, 2.05) is 12.1 Å². The summed E-state index contributed by atoms with van der Waals surface area (Å²) in [5, 5.41) is 12.9. The van der Waals surface area contributed by atoms with Crippen LogP contribution in [0.3, 0.4) is 0 Å². The van der Waals surface area contributed by atoms with Crippen LogP contribution in [0.5, 0.6) is 0 Å². The molecule has 4 rings (SSSR count). The second-order valence-electron chi connectivity index (χ2n) is 7.54. The first-order valence-corrected chi connectivity index (χ1v) is 9.03. The number of nitrogens with two attached hydrogens (primary N) is 1. The number of hydrogen-bond acceptors (Lipinski definition) is 4. The second kappa shape index (κ2) is 6.14. The molecule has 1 saturated heterocycles. The molecule has 3 aliphatic rings. The largest absolute Gasteiger partial charge is 0.367 e. The third-order valence-electron chi connectivity index (χ3n) is 6.06. The Hall–Kier alpha value is -1.57. The Morgan fingerprint density at radius 3 is 2.57 bits per heavy atom. The predicted molar refractivity (Wildman–Crippen MR) is 92.2 cm³/mol. The van der Waals surface area contributed by atoms with Gasteiger partial charge in [-0.2, -0.15) is 5.26 Å². The standard InChI is InChI=1S/C19H26N4/c20-11-13-5-7-15(8-6-13)23-12-14-9-18(19(23)10-14)22-17-4-2-1-3-16(17)21/h5-8,14,16-19,22H,1-4,9-10,12,21H2/t14-,16+,17+,18-,19+/m0/s1. The lowest BCUT2D eigenvalue weighted by molar-refractivity contribution is 0.279. The van der Waals surface area contributed by atoms with Crippen LogP contribution in [0.4, 0.5) is 5.69 Å². The summed E-state index contributed by atoms with van der Waals surface area (Å²) in [6, 6.07) is 12.2. The van der Waals surface area contributed by atoms with Crippen molar-refractivity contribution < 1.29 is 0 Å². The van der Waals surface area contributed by atoms with Gasteiger partial charge in [0.05, 0.1) is 11.6 Å². The van der Waals surface area contributed by atoms with Gasteiger partial charge in [-0.05, 0) is 55.9 Å². The van der Waals surface area contributed by atoms with Crippen LogP contribution in [0.2, 0.25) is 0 Å². The van der Waals surface area contributed by atoms with Gasteiger partial charge < -0.3 is 16.0 Å². The van der Waals surface area contributed by atoms with E-state index in [4.69, 9.17) is 11.0 Å². The van der Waals surface area contributed by atoms with Crippen molar-refractivity contribution in [2.45, 2.75) is 62.7 Å². The average Bonchev–Trinajstić information content (AvgIpc) is 3.17. The molecule has 4 nitrogen and oxygen atoms in total. The van der Waals surface area contributed by atoms with E-state index < -0.39 is 0 Å². The molecular formula is C19H26N4. The molecule has 4 heteroatoms. The number of nitrogens with one attached hydrogen (secondary N) is 1. The summed E-state index contributed by atoms with van der Waals surface area (Å²) < 4.78 is 0. The third kappa shape index (κ3) is 2.84. The summed E-state index contributed by atoms with van der Waals surface area (Å²) in [5.74, 6) is 0.799. The first kappa shape index (κ1) is 15.0. The minimum absolute atomic E-state index is 0.325. The number of hydrogen-bond donors (Lipinski definition) is 2. The van der Waals surface area contributed by atoms with Crippen molar-refractivity contribution in [2.75, 3.05) is 11.4 Å². The van der Waals surface area contributed by atoms with Gasteiger partial charge in [0.2, 0.25) is 0 Å². The van der Waals surface area contributed by atoms with E-state index in [1.165, 1.54) is 37.8 Å². The van der Waals surface area contributed by atoms with Crippen LogP contribution in [-0.2, 0) is 0 Å². The Labute approximate surface area is 138 Å². The highest BCUT2D eigenvalue weighted by Crippen LogP contribution is 2.41. The maximum Gasteiger partial charge on any atom is 0.0991 e. The SMILES string of the molecule is N#Cc1ccc(N2C[C@H]3C[C@H](N[C@@H]4CCCC[C@H]4N)[C@H]2C3)cc1. The number of fused-ring (bicyclic) bond motifs is 2. The summed E-state index contributed by atoms with van der Waals surface area (Å²) >= 11 is 0. The van der Waals surface area contributed by atoms with Gasteiger partial charge in [-0.15, -0.1) is 0 Å². The molecule has 1 aliphatic heterocycles. The zero-order valence-electron chi connectivity index (χ0n) is 13.6. The Kier molecular flexibility index (Phi) is 4.00. The maximum atomic E-state index is 8.96. The molecule has 1 aromatic carbocycles. The summed E-state index contributed by atoms with van der Waals surface area (Å²) in [6.45, 7) is 1.16. The van der Waals surface area contributed by atoms with E-state index in [9.17, 15) is 0 Å². The first-order chi connectivity index (χ1) is 11.2. The smallest absolute Gasteiger partial charge is 0.0991 e. The van der Waals surface area contributed by atoms with Crippen molar-refractivity contribution in [3.63, 3.8) is 0 Å². The molecule has 23 heavy (non-hydrogen) atoms. The normalized spacial score (nSPS) is 36.2. The molecule has 0 amide bonds. The second-order valence-corrected chi connectivity index (χ2v) is 7.54. The summed E-state index contributed by atoms with van der Waals surface area (Å²) in [4.78, 5) is 2.54. The number of piperidine rings is 1. The van der Waals surface area contributed by atoms with Gasteiger partial charge in [-0.3, -0.25) is 0 Å². The molecule has 0 aromatic heterocycles. The Bertz CT molecular complexity index is 590. The molecule has 0 spiro atoms. The number of nitriles is 1. The first-order valence-electron chi connectivity index (χ1n) is 9.03. The van der Waals surface area contributed by atoms with Gasteiger partial charge in [0.25, 0.3) is 0 Å². The molecular weight excluding hydrogens is 284 g/mol. The van der Waals surface area contributed by atoms with Crippen molar-refractivity contribution >= 4 is 5.69 Å². The number of nitrogens with zero attached hydrogens (tertiary/aromatic N) is 2. The zero-order chi connectivity index (χ0) is 15.8. The number of anilines is 1. The zero-order valence-corrected chi connectivity index (χ0v) is 13.6. The van der Waals surface area contributed by atoms with Gasteiger partial charge in [0.1, 0.15) is 0 Å². The van der Waals surface area contributed by atoms with E-state index in [0.717, 1.165) is 24.4 Å². The van der Waals surface area contributed by atoms with Crippen LogP contribution in [0.25, 0.3) is 0 Å². The fourth-order valence-corrected chi connectivity index (χ4v) is 4.87. The summed E-state index contributed by atoms with van der Waals surface area (Å²) in [5.41, 5.74) is 8.32. The van der Waals surface area contributed by atoms with E-state index in [1.54, 1.807) is 0 Å². The molecule has 122 valence electrons. The molecule has 1 aromatic rings. The van der Waals surface area contributed by atoms with Gasteiger partial charge in [0.15, 0.2) is 0 Å². The van der Waals surface area contributed by atoms with Crippen molar-refractivity contribution in [1.29, 1.82) is 5.26 Å². The van der Waals surface area contributed by atoms with Crippen molar-refractivity contribution in [3.8, 4) is 6.07 Å². The van der Waals surface area contributed by atoms with Crippen LogP contribution >= 0.6 is 0 Å². The van der Waals surface area contributed by atoms with Crippen molar-refractivity contribution in [3.05, 3.63) is 29.8 Å². The molecule has 0 radical (unpaired) electrons. The van der Waals surface area contributed by atoms with Crippen LogP contribution < -0.4 is 16.0 Å². The van der Waals surface area contributed by atoms with E-state index in [2.05, 4.69) is 28.4 Å². The fourth-order valence-electron chi connectivity index (χ4n) is 4.87. The molecule has 5 atom stereocenters. The highest BCUT2D eigenvalue weighted by molar-refractivity contribution is 5.52. The molecule has 1 heterocycles. The van der Waals surface area contributed by atoms with Gasteiger partial charge in [0, 0.05) is 36.4 Å². The van der Waals surface area contributed by atoms with Gasteiger partial charge in [-0.25, -0.2) is 0 Å². The molecule has 0 unspecified atom stereocenters. The van der Waals surface area contributed by atoms with Crippen LogP contribution in [0.1, 0.15) is 44.1 Å². The molecule has 2 bridgehead atoms. The summed E-state index contributed by atoms with van der Waals surface area (Å²) in [7, 11) is 0. The minimum Gasteiger partial charge on any atom is -0.367 e. The molecule has 2 aliphatic carbocycles. The van der Waals surface area contributed by atoms with E-state index in [-0.39, 0.29) is 0 Å². The number of rotatable bonds is 3.